The second-order valence-corrected chi connectivity index (χ2v) is 13.3. The van der Waals surface area contributed by atoms with E-state index >= 15 is 0 Å². The lowest BCUT2D eigenvalue weighted by Crippen LogP contribution is -2.40. The van der Waals surface area contributed by atoms with Gasteiger partial charge in [-0.1, -0.05) is 80.5 Å². The number of aromatic nitrogens is 2. The highest BCUT2D eigenvalue weighted by molar-refractivity contribution is 8.26. The van der Waals surface area contributed by atoms with E-state index in [0.717, 1.165) is 42.5 Å². The molecule has 0 atom stereocenters. The van der Waals surface area contributed by atoms with Crippen LogP contribution < -0.4 is 0 Å². The zero-order chi connectivity index (χ0) is 28.1. The summed E-state index contributed by atoms with van der Waals surface area (Å²) in [4.78, 5) is 15.7. The molecular formula is C29H32N4O4S3. The van der Waals surface area contributed by atoms with Crippen LogP contribution in [-0.2, 0) is 19.6 Å². The molecule has 5 rings (SSSR count). The molecule has 2 aliphatic heterocycles. The number of benzene rings is 2. The zero-order valence-electron chi connectivity index (χ0n) is 22.4. The quantitative estimate of drug-likeness (QED) is 0.177. The topological polar surface area (TPSA) is 84.7 Å². The predicted molar refractivity (Wildman–Crippen MR) is 163 cm³/mol. The van der Waals surface area contributed by atoms with Crippen LogP contribution in [0.15, 0.2) is 70.6 Å². The molecule has 8 nitrogen and oxygen atoms in total. The third-order valence-corrected chi connectivity index (χ3v) is 10.2. The second kappa shape index (κ2) is 12.8. The minimum absolute atomic E-state index is 0.0862. The summed E-state index contributed by atoms with van der Waals surface area (Å²) in [5.41, 5.74) is 3.02. The molecule has 0 aliphatic carbocycles. The van der Waals surface area contributed by atoms with Crippen LogP contribution in [0.2, 0.25) is 0 Å². The summed E-state index contributed by atoms with van der Waals surface area (Å²) < 4.78 is 35.3. The molecule has 0 radical (unpaired) electrons. The SMILES string of the molecule is CCCCCCN1C(=O)/C(=C\c2cn(-c3ccccc3)nc2-c2ccc(S(=O)(=O)N3CCOCC3)cc2)SC1=S. The maximum atomic E-state index is 13.3. The Kier molecular flexibility index (Phi) is 9.17. The van der Waals surface area contributed by atoms with Gasteiger partial charge in [0, 0.05) is 37.0 Å². The first-order chi connectivity index (χ1) is 19.4. The number of unbranched alkanes of at least 4 members (excludes halogenated alkanes) is 3. The summed E-state index contributed by atoms with van der Waals surface area (Å²) >= 11 is 6.85. The van der Waals surface area contributed by atoms with Crippen LogP contribution in [0.25, 0.3) is 23.0 Å². The minimum Gasteiger partial charge on any atom is -0.379 e. The number of carbonyl (C=O) groups excluding carboxylic acids is 1. The molecular weight excluding hydrogens is 565 g/mol. The number of thioether (sulfide) groups is 1. The Labute approximate surface area is 245 Å². The van der Waals surface area contributed by atoms with Crippen molar-refractivity contribution in [3.8, 4) is 16.9 Å². The number of sulfonamides is 1. The van der Waals surface area contributed by atoms with E-state index in [0.29, 0.717) is 47.8 Å². The number of carbonyl (C=O) groups is 1. The molecule has 2 saturated heterocycles. The van der Waals surface area contributed by atoms with E-state index in [-0.39, 0.29) is 10.8 Å². The van der Waals surface area contributed by atoms with Crippen LogP contribution in [0, 0.1) is 0 Å². The molecule has 2 fully saturated rings. The van der Waals surface area contributed by atoms with Crippen molar-refractivity contribution in [3.63, 3.8) is 0 Å². The highest BCUT2D eigenvalue weighted by Crippen LogP contribution is 2.35. The summed E-state index contributed by atoms with van der Waals surface area (Å²) in [6.45, 7) is 4.24. The van der Waals surface area contributed by atoms with Gasteiger partial charge in [-0.15, -0.1) is 0 Å². The summed E-state index contributed by atoms with van der Waals surface area (Å²) in [6.07, 6.45) is 7.98. The summed E-state index contributed by atoms with van der Waals surface area (Å²) in [5, 5.41) is 4.84. The van der Waals surface area contributed by atoms with Gasteiger partial charge in [0.15, 0.2) is 0 Å². The number of amides is 1. The Morgan fingerprint density at radius 1 is 1.02 bits per heavy atom. The first-order valence-corrected chi connectivity index (χ1v) is 16.1. The number of rotatable bonds is 10. The lowest BCUT2D eigenvalue weighted by molar-refractivity contribution is -0.122. The lowest BCUT2D eigenvalue weighted by atomic mass is 10.1. The number of morpholine rings is 1. The fourth-order valence-electron chi connectivity index (χ4n) is 4.68. The van der Waals surface area contributed by atoms with Gasteiger partial charge in [-0.05, 0) is 36.8 Å². The van der Waals surface area contributed by atoms with Crippen molar-refractivity contribution in [2.24, 2.45) is 0 Å². The highest BCUT2D eigenvalue weighted by Gasteiger charge is 2.32. The van der Waals surface area contributed by atoms with Crippen LogP contribution in [0.3, 0.4) is 0 Å². The molecule has 0 N–H and O–H groups in total. The lowest BCUT2D eigenvalue weighted by Gasteiger charge is -2.26. The Balaban J connectivity index is 1.46. The molecule has 3 heterocycles. The maximum absolute atomic E-state index is 13.3. The Morgan fingerprint density at radius 3 is 2.45 bits per heavy atom. The van der Waals surface area contributed by atoms with E-state index in [1.165, 1.54) is 16.1 Å². The van der Waals surface area contributed by atoms with Crippen molar-refractivity contribution in [1.82, 2.24) is 19.0 Å². The van der Waals surface area contributed by atoms with E-state index in [9.17, 15) is 13.2 Å². The van der Waals surface area contributed by atoms with Gasteiger partial charge in [-0.2, -0.15) is 9.40 Å². The van der Waals surface area contributed by atoms with Crippen LogP contribution in [0.4, 0.5) is 0 Å². The second-order valence-electron chi connectivity index (χ2n) is 9.65. The average Bonchev–Trinajstić information content (AvgIpc) is 3.52. The molecule has 0 unspecified atom stereocenters. The number of nitrogens with zero attached hydrogens (tertiary/aromatic N) is 4. The monoisotopic (exact) mass is 596 g/mol. The van der Waals surface area contributed by atoms with Gasteiger partial charge in [-0.3, -0.25) is 9.69 Å². The molecule has 1 amide bonds. The average molecular weight is 597 g/mol. The summed E-state index contributed by atoms with van der Waals surface area (Å²) in [5.74, 6) is -0.0862. The van der Waals surface area contributed by atoms with Gasteiger partial charge in [0.1, 0.15) is 4.32 Å². The Hall–Kier alpha value is -2.83. The molecule has 11 heteroatoms. The van der Waals surface area contributed by atoms with Gasteiger partial charge < -0.3 is 4.74 Å². The largest absolute Gasteiger partial charge is 0.379 e. The molecule has 2 aliphatic rings. The van der Waals surface area contributed by atoms with Crippen molar-refractivity contribution in [3.05, 3.63) is 71.3 Å². The van der Waals surface area contributed by atoms with Crippen LogP contribution in [-0.4, -0.2) is 70.5 Å². The number of thiocarbonyl (C=S) groups is 1. The highest BCUT2D eigenvalue weighted by atomic mass is 32.2. The third kappa shape index (κ3) is 6.23. The Morgan fingerprint density at radius 2 is 1.75 bits per heavy atom. The smallest absolute Gasteiger partial charge is 0.266 e. The molecule has 0 bridgehead atoms. The van der Waals surface area contributed by atoms with Crippen LogP contribution in [0.5, 0.6) is 0 Å². The van der Waals surface area contributed by atoms with Crippen molar-refractivity contribution < 1.29 is 17.9 Å². The van der Waals surface area contributed by atoms with E-state index < -0.39 is 10.0 Å². The Bertz CT molecular complexity index is 1500. The molecule has 40 heavy (non-hydrogen) atoms. The van der Waals surface area contributed by atoms with E-state index in [1.54, 1.807) is 33.8 Å². The number of hydrogen-bond acceptors (Lipinski definition) is 7. The van der Waals surface area contributed by atoms with Crippen LogP contribution in [0.1, 0.15) is 38.2 Å². The van der Waals surface area contributed by atoms with Crippen molar-refractivity contribution in [2.45, 2.75) is 37.5 Å². The van der Waals surface area contributed by atoms with Crippen LogP contribution >= 0.6 is 24.0 Å². The standard InChI is InChI=1S/C29H32N4O4S3/c1-2-3-4-8-15-32-28(34)26(39-29(32)38)20-23-21-33(24-9-6-5-7-10-24)30-27(23)22-11-13-25(14-12-22)40(35,36)31-16-18-37-19-17-31/h5-7,9-14,20-21H,2-4,8,15-19H2,1H3/b26-20+. The zero-order valence-corrected chi connectivity index (χ0v) is 24.8. The van der Waals surface area contributed by atoms with Gasteiger partial charge in [0.25, 0.3) is 5.91 Å². The van der Waals surface area contributed by atoms with Gasteiger partial charge in [-0.25, -0.2) is 13.1 Å². The van der Waals surface area contributed by atoms with Crippen molar-refractivity contribution >= 4 is 50.3 Å². The molecule has 210 valence electrons. The number of ether oxygens (including phenoxy) is 1. The fraction of sp³-hybridized carbons (Fsp3) is 0.345. The van der Waals surface area contributed by atoms with Crippen molar-refractivity contribution in [2.75, 3.05) is 32.8 Å². The third-order valence-electron chi connectivity index (χ3n) is 6.89. The minimum atomic E-state index is -3.61. The van der Waals surface area contributed by atoms with E-state index in [2.05, 4.69) is 6.92 Å². The van der Waals surface area contributed by atoms with Gasteiger partial charge >= 0.3 is 0 Å². The molecule has 0 saturated carbocycles. The van der Waals surface area contributed by atoms with Gasteiger partial charge in [0.05, 0.1) is 34.4 Å². The van der Waals surface area contributed by atoms with Crippen molar-refractivity contribution in [1.29, 1.82) is 0 Å². The van der Waals surface area contributed by atoms with Gasteiger partial charge in [0.2, 0.25) is 10.0 Å². The first-order valence-electron chi connectivity index (χ1n) is 13.5. The normalized spacial score (nSPS) is 17.7. The molecule has 3 aromatic rings. The number of hydrogen-bond donors (Lipinski definition) is 0. The fourth-order valence-corrected chi connectivity index (χ4v) is 7.39. The summed E-state index contributed by atoms with van der Waals surface area (Å²) in [6, 6.07) is 16.5. The summed E-state index contributed by atoms with van der Waals surface area (Å²) in [7, 11) is -3.61. The maximum Gasteiger partial charge on any atom is 0.266 e. The van der Waals surface area contributed by atoms with E-state index in [4.69, 9.17) is 22.1 Å². The molecule has 0 spiro atoms. The molecule has 1 aromatic heterocycles. The first kappa shape index (κ1) is 28.7. The predicted octanol–water partition coefficient (Wildman–Crippen LogP) is 5.34. The molecule has 2 aromatic carbocycles. The van der Waals surface area contributed by atoms with E-state index in [1.807, 2.05) is 42.6 Å². The number of para-hydroxylation sites is 1.